The van der Waals surface area contributed by atoms with Gasteiger partial charge in [0.2, 0.25) is 5.91 Å². The molecule has 2 heterocycles. The van der Waals surface area contributed by atoms with E-state index >= 15 is 0 Å². The Hall–Kier alpha value is -2.10. The third-order valence-corrected chi connectivity index (χ3v) is 3.76. The molecule has 0 aromatic carbocycles. The summed E-state index contributed by atoms with van der Waals surface area (Å²) in [5.74, 6) is -0.683. The van der Waals surface area contributed by atoms with Crippen LogP contribution < -0.4 is 11.2 Å². The number of alkyl halides is 3. The summed E-state index contributed by atoms with van der Waals surface area (Å²) in [6, 6.07) is 0.581. The van der Waals surface area contributed by atoms with Gasteiger partial charge >= 0.3 is 11.9 Å². The van der Waals surface area contributed by atoms with Gasteiger partial charge < -0.3 is 14.2 Å². The average Bonchev–Trinajstić information content (AvgIpc) is 2.51. The van der Waals surface area contributed by atoms with E-state index in [0.29, 0.717) is 26.1 Å². The first kappa shape index (κ1) is 18.2. The molecule has 7 nitrogen and oxygen atoms in total. The third-order valence-electron chi connectivity index (χ3n) is 3.76. The van der Waals surface area contributed by atoms with Crippen LogP contribution in [-0.4, -0.2) is 52.3 Å². The van der Waals surface area contributed by atoms with Crippen LogP contribution in [-0.2, 0) is 16.1 Å². The molecule has 0 radical (unpaired) electrons. The quantitative estimate of drug-likeness (QED) is 0.839. The Morgan fingerprint density at radius 3 is 2.58 bits per heavy atom. The Kier molecular flexibility index (Phi) is 5.81. The van der Waals surface area contributed by atoms with Crippen LogP contribution in [0.15, 0.2) is 21.9 Å². The van der Waals surface area contributed by atoms with Crippen LogP contribution in [0, 0.1) is 0 Å². The van der Waals surface area contributed by atoms with Gasteiger partial charge in [0.25, 0.3) is 5.56 Å². The summed E-state index contributed by atoms with van der Waals surface area (Å²) in [5.41, 5.74) is -1.28. The molecule has 24 heavy (non-hydrogen) atoms. The molecule has 0 aliphatic carbocycles. The van der Waals surface area contributed by atoms with E-state index in [4.69, 9.17) is 4.74 Å². The van der Waals surface area contributed by atoms with Gasteiger partial charge in [-0.05, 0) is 12.8 Å². The summed E-state index contributed by atoms with van der Waals surface area (Å²) >= 11 is 0. The van der Waals surface area contributed by atoms with Gasteiger partial charge in [-0.2, -0.15) is 13.2 Å². The maximum Gasteiger partial charge on any atom is 0.406 e. The molecule has 0 saturated carbocycles. The van der Waals surface area contributed by atoms with Crippen molar-refractivity contribution in [2.24, 2.45) is 0 Å². The Bertz CT molecular complexity index is 677. The smallest absolute Gasteiger partial charge is 0.381 e. The number of aromatic nitrogens is 2. The van der Waals surface area contributed by atoms with Gasteiger partial charge in [0, 0.05) is 44.5 Å². The van der Waals surface area contributed by atoms with E-state index in [1.165, 1.54) is 6.20 Å². The topological polar surface area (TPSA) is 84.4 Å². The van der Waals surface area contributed by atoms with Gasteiger partial charge in [-0.1, -0.05) is 0 Å². The first-order valence-corrected chi connectivity index (χ1v) is 7.50. The maximum atomic E-state index is 12.8. The number of amides is 1. The van der Waals surface area contributed by atoms with Crippen molar-refractivity contribution in [2.75, 3.05) is 19.8 Å². The second-order valence-electron chi connectivity index (χ2n) is 5.53. The van der Waals surface area contributed by atoms with Crippen LogP contribution >= 0.6 is 0 Å². The summed E-state index contributed by atoms with van der Waals surface area (Å²) in [5, 5.41) is 0. The van der Waals surface area contributed by atoms with Crippen LogP contribution in [0.25, 0.3) is 0 Å². The number of nitrogens with one attached hydrogen (secondary N) is 1. The van der Waals surface area contributed by atoms with Crippen LogP contribution in [0.3, 0.4) is 0 Å². The van der Waals surface area contributed by atoms with Gasteiger partial charge in [-0.25, -0.2) is 4.79 Å². The number of ether oxygens (including phenoxy) is 1. The van der Waals surface area contributed by atoms with Crippen LogP contribution in [0.5, 0.6) is 0 Å². The monoisotopic (exact) mass is 349 g/mol. The van der Waals surface area contributed by atoms with Gasteiger partial charge in [0.15, 0.2) is 0 Å². The molecular weight excluding hydrogens is 331 g/mol. The maximum absolute atomic E-state index is 12.8. The molecule has 0 atom stereocenters. The minimum absolute atomic E-state index is 0.105. The first-order chi connectivity index (χ1) is 11.3. The lowest BCUT2D eigenvalue weighted by Gasteiger charge is -2.35. The minimum Gasteiger partial charge on any atom is -0.381 e. The van der Waals surface area contributed by atoms with Crippen molar-refractivity contribution in [1.29, 1.82) is 0 Å². The number of carbonyl (C=O) groups excluding carboxylic acids is 1. The summed E-state index contributed by atoms with van der Waals surface area (Å²) in [6.07, 6.45) is -2.86. The zero-order valence-electron chi connectivity index (χ0n) is 12.8. The van der Waals surface area contributed by atoms with Gasteiger partial charge in [0.05, 0.1) is 0 Å². The molecule has 1 aliphatic heterocycles. The number of H-pyrrole nitrogens is 1. The summed E-state index contributed by atoms with van der Waals surface area (Å²) in [4.78, 5) is 37.6. The van der Waals surface area contributed by atoms with Gasteiger partial charge in [-0.15, -0.1) is 0 Å². The first-order valence-electron chi connectivity index (χ1n) is 7.50. The van der Waals surface area contributed by atoms with Crippen LogP contribution in [0.4, 0.5) is 13.2 Å². The fourth-order valence-corrected chi connectivity index (χ4v) is 2.59. The fraction of sp³-hybridized carbons (Fsp3) is 0.643. The molecule has 2 rings (SSSR count). The molecule has 0 bridgehead atoms. The number of hydrogen-bond donors (Lipinski definition) is 1. The van der Waals surface area contributed by atoms with Crippen molar-refractivity contribution in [2.45, 2.75) is 38.0 Å². The Morgan fingerprint density at radius 2 is 2.00 bits per heavy atom. The second kappa shape index (κ2) is 7.65. The molecule has 1 aromatic heterocycles. The van der Waals surface area contributed by atoms with E-state index in [1.807, 2.05) is 4.98 Å². The highest BCUT2D eigenvalue weighted by Crippen LogP contribution is 2.23. The Balaban J connectivity index is 2.06. The third kappa shape index (κ3) is 5.22. The zero-order valence-corrected chi connectivity index (χ0v) is 12.8. The molecule has 1 N–H and O–H groups in total. The molecule has 10 heteroatoms. The van der Waals surface area contributed by atoms with Crippen molar-refractivity contribution in [3.63, 3.8) is 0 Å². The Labute approximate surface area is 135 Å². The van der Waals surface area contributed by atoms with Gasteiger partial charge in [0.1, 0.15) is 6.54 Å². The fourth-order valence-electron chi connectivity index (χ4n) is 2.59. The minimum atomic E-state index is -4.50. The number of hydrogen-bond acceptors (Lipinski definition) is 4. The van der Waals surface area contributed by atoms with E-state index in [1.54, 1.807) is 0 Å². The molecule has 0 spiro atoms. The molecule has 1 aromatic rings. The molecule has 1 fully saturated rings. The van der Waals surface area contributed by atoms with Crippen molar-refractivity contribution >= 4 is 5.91 Å². The van der Waals surface area contributed by atoms with Crippen molar-refractivity contribution < 1.29 is 22.7 Å². The predicted molar refractivity (Wildman–Crippen MR) is 77.5 cm³/mol. The number of nitrogens with zero attached hydrogens (tertiary/aromatic N) is 2. The highest BCUT2D eigenvalue weighted by molar-refractivity contribution is 5.76. The predicted octanol–water partition coefficient (Wildman–Crippen LogP) is 0.497. The molecular formula is C14H18F3N3O4. The lowest BCUT2D eigenvalue weighted by atomic mass is 10.1. The van der Waals surface area contributed by atoms with Crippen LogP contribution in [0.1, 0.15) is 19.3 Å². The standard InChI is InChI=1S/C14H18F3N3O4/c15-14(16,17)9-20(10-3-7-24-8-4-10)12(22)2-6-19-5-1-11(21)18-13(19)23/h1,5,10H,2-4,6-9H2,(H,18,21,23). The molecule has 1 saturated heterocycles. The van der Waals surface area contributed by atoms with E-state index in [-0.39, 0.29) is 13.0 Å². The largest absolute Gasteiger partial charge is 0.406 e. The van der Waals surface area contributed by atoms with Crippen molar-refractivity contribution in [3.8, 4) is 0 Å². The van der Waals surface area contributed by atoms with E-state index < -0.39 is 35.9 Å². The normalized spacial score (nSPS) is 16.1. The lowest BCUT2D eigenvalue weighted by Crippen LogP contribution is -2.48. The molecule has 1 amide bonds. The zero-order chi connectivity index (χ0) is 17.7. The van der Waals surface area contributed by atoms with Crippen molar-refractivity contribution in [1.82, 2.24) is 14.5 Å². The van der Waals surface area contributed by atoms with Gasteiger partial charge in [-0.3, -0.25) is 14.6 Å². The highest BCUT2D eigenvalue weighted by atomic mass is 19.4. The number of carbonyl (C=O) groups is 1. The number of aryl methyl sites for hydroxylation is 1. The Morgan fingerprint density at radius 1 is 1.33 bits per heavy atom. The SMILES string of the molecule is O=C(CCn1ccc(=O)[nH]c1=O)N(CC(F)(F)F)C1CCOCC1. The molecule has 0 unspecified atom stereocenters. The number of aromatic amines is 1. The van der Waals surface area contributed by atoms with E-state index in [9.17, 15) is 27.6 Å². The summed E-state index contributed by atoms with van der Waals surface area (Å²) < 4.78 is 44.5. The number of halogens is 3. The summed E-state index contributed by atoms with van der Waals surface area (Å²) in [6.45, 7) is -0.805. The molecule has 1 aliphatic rings. The van der Waals surface area contributed by atoms with E-state index in [0.717, 1.165) is 15.5 Å². The molecule has 134 valence electrons. The van der Waals surface area contributed by atoms with Crippen LogP contribution in [0.2, 0.25) is 0 Å². The lowest BCUT2D eigenvalue weighted by molar-refractivity contribution is -0.169. The van der Waals surface area contributed by atoms with Crippen molar-refractivity contribution in [3.05, 3.63) is 33.1 Å². The van der Waals surface area contributed by atoms with E-state index in [2.05, 4.69) is 0 Å². The summed E-state index contributed by atoms with van der Waals surface area (Å²) in [7, 11) is 0. The number of rotatable bonds is 5. The highest BCUT2D eigenvalue weighted by Gasteiger charge is 2.36. The average molecular weight is 349 g/mol. The second-order valence-corrected chi connectivity index (χ2v) is 5.53.